The normalized spacial score (nSPS) is 35.4. The topological polar surface area (TPSA) is 131 Å². The zero-order valence-corrected chi connectivity index (χ0v) is 21.9. The predicted molar refractivity (Wildman–Crippen MR) is 137 cm³/mol. The van der Waals surface area contributed by atoms with Crippen LogP contribution in [0.15, 0.2) is 64.6 Å². The highest BCUT2D eigenvalue weighted by atomic mass is 16.6. The molecule has 0 bridgehead atoms. The molecule has 1 aromatic rings. The van der Waals surface area contributed by atoms with Crippen LogP contribution in [0.2, 0.25) is 0 Å². The minimum atomic E-state index is -1.24. The van der Waals surface area contributed by atoms with E-state index in [-0.39, 0.29) is 23.7 Å². The quantitative estimate of drug-likeness (QED) is 0.393. The van der Waals surface area contributed by atoms with Crippen molar-refractivity contribution in [3.63, 3.8) is 0 Å². The van der Waals surface area contributed by atoms with Gasteiger partial charge in [0.2, 0.25) is 5.78 Å². The fraction of sp³-hybridized carbons (Fsp3) is 0.483. The van der Waals surface area contributed by atoms with Crippen LogP contribution in [0.3, 0.4) is 0 Å². The van der Waals surface area contributed by atoms with Crippen LogP contribution in [-0.2, 0) is 28.6 Å². The van der Waals surface area contributed by atoms with E-state index >= 15 is 0 Å². The molecule has 1 aromatic carbocycles. The number of nitrogens with one attached hydrogen (secondary N) is 1. The Bertz CT molecular complexity index is 1280. The Hall–Kier alpha value is -3.43. The molecule has 6 atom stereocenters. The van der Waals surface area contributed by atoms with E-state index in [1.54, 1.807) is 6.92 Å². The zero-order valence-electron chi connectivity index (χ0n) is 21.9. The Balaban J connectivity index is 1.73. The average Bonchev–Trinajstić information content (AvgIpc) is 3.16. The van der Waals surface area contributed by atoms with Gasteiger partial charge in [-0.2, -0.15) is 0 Å². The van der Waals surface area contributed by atoms with Gasteiger partial charge in [-0.15, -0.1) is 0 Å². The van der Waals surface area contributed by atoms with E-state index in [0.717, 1.165) is 0 Å². The van der Waals surface area contributed by atoms with E-state index in [0.29, 0.717) is 36.1 Å². The lowest BCUT2D eigenvalue weighted by Gasteiger charge is -2.54. The molecule has 1 saturated carbocycles. The summed E-state index contributed by atoms with van der Waals surface area (Å²) in [6.07, 6.45) is 0.276. The number of methoxy groups -OCH3 is 1. The number of hydrogen-bond acceptors (Lipinski definition) is 9. The molecule has 0 unspecified atom stereocenters. The second-order valence-electron chi connectivity index (χ2n) is 11.0. The Morgan fingerprint density at radius 2 is 1.92 bits per heavy atom. The van der Waals surface area contributed by atoms with Crippen molar-refractivity contribution in [3.8, 4) is 0 Å². The van der Waals surface area contributed by atoms with Crippen LogP contribution in [-0.4, -0.2) is 60.0 Å². The van der Waals surface area contributed by atoms with Crippen molar-refractivity contribution in [2.75, 3.05) is 19.0 Å². The number of fused-ring (bicyclic) bond motifs is 4. The second-order valence-corrected chi connectivity index (χ2v) is 11.0. The lowest BCUT2D eigenvalue weighted by Crippen LogP contribution is -2.57. The number of esters is 2. The summed E-state index contributed by atoms with van der Waals surface area (Å²) >= 11 is 0. The number of benzene rings is 1. The van der Waals surface area contributed by atoms with E-state index in [4.69, 9.17) is 14.2 Å². The number of carbonyl (C=O) groups excluding carboxylic acids is 3. The van der Waals surface area contributed by atoms with Crippen molar-refractivity contribution in [3.05, 3.63) is 64.6 Å². The third-order valence-electron chi connectivity index (χ3n) is 8.81. The molecule has 9 nitrogen and oxygen atoms in total. The molecule has 1 heterocycles. The maximum absolute atomic E-state index is 14.0. The predicted octanol–water partition coefficient (Wildman–Crippen LogP) is 3.36. The number of carbonyl (C=O) groups is 3. The number of aliphatic hydroxyl groups excluding tert-OH is 2. The van der Waals surface area contributed by atoms with Crippen LogP contribution >= 0.6 is 0 Å². The van der Waals surface area contributed by atoms with Gasteiger partial charge in [0.1, 0.15) is 12.2 Å². The lowest BCUT2D eigenvalue weighted by molar-refractivity contribution is -0.160. The van der Waals surface area contributed by atoms with Crippen molar-refractivity contribution in [2.24, 2.45) is 16.7 Å². The highest BCUT2D eigenvalue weighted by Crippen LogP contribution is 2.63. The first-order chi connectivity index (χ1) is 18.0. The fourth-order valence-corrected chi connectivity index (χ4v) is 6.98. The lowest BCUT2D eigenvalue weighted by atomic mass is 9.53. The van der Waals surface area contributed by atoms with Crippen LogP contribution in [0, 0.1) is 16.7 Å². The standard InChI is InChI=1S/C29H33NO8/c1-15(31)37-19-12-28(2)18(10-11-20(28)32)22-24(19)29(3)21(14-36-4)38-27(35)17(23(29)26(34)25(22)33)13-30-16-8-6-5-7-9-16/h5-9,13,18-21,30,32,34H,10-12,14H2,1-4H3/b17-13+/t18-,19+,20-,21+,28-,29-/m0/s1. The first kappa shape index (κ1) is 26.2. The number of aliphatic hydroxyl groups is 2. The van der Waals surface area contributed by atoms with Gasteiger partial charge in [0.25, 0.3) is 0 Å². The van der Waals surface area contributed by atoms with Crippen molar-refractivity contribution >= 4 is 23.4 Å². The molecular weight excluding hydrogens is 490 g/mol. The van der Waals surface area contributed by atoms with Crippen LogP contribution in [0.4, 0.5) is 5.69 Å². The molecule has 3 aliphatic carbocycles. The molecule has 3 N–H and O–H groups in total. The first-order valence-electron chi connectivity index (χ1n) is 12.8. The number of ether oxygens (including phenoxy) is 3. The van der Waals surface area contributed by atoms with Gasteiger partial charge in [0.05, 0.1) is 23.7 Å². The smallest absolute Gasteiger partial charge is 0.340 e. The molecule has 38 heavy (non-hydrogen) atoms. The van der Waals surface area contributed by atoms with E-state index in [1.807, 2.05) is 37.3 Å². The van der Waals surface area contributed by atoms with Gasteiger partial charge < -0.3 is 29.7 Å². The molecule has 4 aliphatic rings. The van der Waals surface area contributed by atoms with E-state index in [1.165, 1.54) is 20.2 Å². The molecular formula is C29H33NO8. The highest BCUT2D eigenvalue weighted by molar-refractivity contribution is 6.13. The number of para-hydroxylation sites is 1. The van der Waals surface area contributed by atoms with Gasteiger partial charge >= 0.3 is 11.9 Å². The minimum absolute atomic E-state index is 0.00229. The largest absolute Gasteiger partial charge is 0.504 e. The Kier molecular flexibility index (Phi) is 6.47. The van der Waals surface area contributed by atoms with E-state index in [2.05, 4.69) is 5.32 Å². The Morgan fingerprint density at radius 3 is 2.58 bits per heavy atom. The number of anilines is 1. The third-order valence-corrected chi connectivity index (χ3v) is 8.81. The second kappa shape index (κ2) is 9.39. The van der Waals surface area contributed by atoms with Gasteiger partial charge in [0, 0.05) is 42.5 Å². The SMILES string of the molecule is COC[C@H]1OC(=O)/C(=C/Nc2ccccc2)C2=C(O)C(=O)C3=C([C@H](OC(C)=O)C[C@]4(C)[C@@H](O)CC[C@@H]34)[C@]21C. The summed E-state index contributed by atoms with van der Waals surface area (Å²) in [7, 11) is 1.47. The van der Waals surface area contributed by atoms with Crippen LogP contribution < -0.4 is 5.32 Å². The van der Waals surface area contributed by atoms with E-state index in [9.17, 15) is 24.6 Å². The minimum Gasteiger partial charge on any atom is -0.504 e. The number of Topliss-reactive ketones (excluding diaryl/α,β-unsaturated/α-hetero) is 1. The molecule has 0 aromatic heterocycles. The molecule has 1 saturated heterocycles. The molecule has 5 rings (SSSR count). The number of hydrogen-bond donors (Lipinski definition) is 3. The molecule has 9 heteroatoms. The summed E-state index contributed by atoms with van der Waals surface area (Å²) in [5.41, 5.74) is -0.317. The van der Waals surface area contributed by atoms with Crippen molar-refractivity contribution in [1.29, 1.82) is 0 Å². The average molecular weight is 524 g/mol. The maximum atomic E-state index is 14.0. The third kappa shape index (κ3) is 3.79. The molecule has 202 valence electrons. The molecule has 1 aliphatic heterocycles. The number of rotatable bonds is 5. The molecule has 0 radical (unpaired) electrons. The summed E-state index contributed by atoms with van der Waals surface area (Å²) in [5, 5.41) is 25.5. The van der Waals surface area contributed by atoms with Crippen LogP contribution in [0.25, 0.3) is 0 Å². The molecule has 0 amide bonds. The summed E-state index contributed by atoms with van der Waals surface area (Å²) in [5.74, 6) is -2.77. The molecule has 0 spiro atoms. The Labute approximate surface area is 221 Å². The highest BCUT2D eigenvalue weighted by Gasteiger charge is 2.64. The van der Waals surface area contributed by atoms with Gasteiger partial charge in [0.15, 0.2) is 5.76 Å². The summed E-state index contributed by atoms with van der Waals surface area (Å²) in [6.45, 7) is 4.96. The summed E-state index contributed by atoms with van der Waals surface area (Å²) in [4.78, 5) is 39.5. The van der Waals surface area contributed by atoms with Crippen molar-refractivity contribution in [1.82, 2.24) is 0 Å². The summed E-state index contributed by atoms with van der Waals surface area (Å²) in [6, 6.07) is 9.13. The van der Waals surface area contributed by atoms with Crippen molar-refractivity contribution < 1.29 is 38.8 Å². The zero-order chi connectivity index (χ0) is 27.4. The number of allylic oxidation sites excluding steroid dienone is 1. The fourth-order valence-electron chi connectivity index (χ4n) is 6.98. The van der Waals surface area contributed by atoms with Gasteiger partial charge in [-0.05, 0) is 49.8 Å². The van der Waals surface area contributed by atoms with Gasteiger partial charge in [-0.3, -0.25) is 9.59 Å². The first-order valence-corrected chi connectivity index (χ1v) is 12.8. The number of ketones is 1. The van der Waals surface area contributed by atoms with Crippen LogP contribution in [0.5, 0.6) is 0 Å². The summed E-state index contributed by atoms with van der Waals surface area (Å²) < 4.78 is 17.1. The van der Waals surface area contributed by atoms with Gasteiger partial charge in [-0.25, -0.2) is 4.79 Å². The maximum Gasteiger partial charge on any atom is 0.340 e. The van der Waals surface area contributed by atoms with E-state index < -0.39 is 52.6 Å². The Morgan fingerprint density at radius 1 is 1.21 bits per heavy atom. The van der Waals surface area contributed by atoms with Crippen LogP contribution in [0.1, 0.15) is 40.0 Å². The molecule has 2 fully saturated rings. The number of cyclic esters (lactones) is 1. The van der Waals surface area contributed by atoms with Crippen molar-refractivity contribution in [2.45, 2.75) is 58.3 Å². The van der Waals surface area contributed by atoms with Gasteiger partial charge in [-0.1, -0.05) is 25.1 Å². The monoisotopic (exact) mass is 523 g/mol.